The van der Waals surface area contributed by atoms with Crippen LogP contribution in [-0.2, 0) is 17.8 Å². The van der Waals surface area contributed by atoms with Gasteiger partial charge >= 0.3 is 0 Å². The monoisotopic (exact) mass is 564 g/mol. The third kappa shape index (κ3) is 4.43. The number of fused-ring (bicyclic) bond motifs is 2. The fourth-order valence-electron chi connectivity index (χ4n) is 5.86. The van der Waals surface area contributed by atoms with Crippen LogP contribution in [0.2, 0.25) is 0 Å². The van der Waals surface area contributed by atoms with Gasteiger partial charge in [-0.25, -0.2) is 14.1 Å². The normalized spacial score (nSPS) is 18.5. The second kappa shape index (κ2) is 10.2. The number of pyridine rings is 1. The van der Waals surface area contributed by atoms with Gasteiger partial charge in [-0.05, 0) is 37.5 Å². The quantitative estimate of drug-likeness (QED) is 0.363. The molecular formula is C32H29FN6O3. The number of halogens is 1. The Hall–Kier alpha value is -4.86. The van der Waals surface area contributed by atoms with Crippen LogP contribution in [0.15, 0.2) is 71.9 Å². The molecule has 2 aliphatic heterocycles. The van der Waals surface area contributed by atoms with E-state index in [0.29, 0.717) is 47.1 Å². The molecule has 1 spiro atoms. The predicted octanol–water partition coefficient (Wildman–Crippen LogP) is 4.75. The van der Waals surface area contributed by atoms with Crippen molar-refractivity contribution in [2.24, 2.45) is 10.4 Å². The Kier molecular flexibility index (Phi) is 6.33. The molecule has 1 saturated carbocycles. The van der Waals surface area contributed by atoms with Gasteiger partial charge in [0.25, 0.3) is 11.8 Å². The van der Waals surface area contributed by atoms with Gasteiger partial charge in [0, 0.05) is 34.0 Å². The molecule has 4 aromatic rings. The number of aromatic nitrogens is 3. The maximum atomic E-state index is 14.9. The Morgan fingerprint density at radius 3 is 2.67 bits per heavy atom. The summed E-state index contributed by atoms with van der Waals surface area (Å²) in [5.41, 5.74) is 3.75. The van der Waals surface area contributed by atoms with Crippen molar-refractivity contribution in [3.8, 4) is 17.1 Å². The third-order valence-electron chi connectivity index (χ3n) is 8.35. The molecule has 212 valence electrons. The first-order valence-corrected chi connectivity index (χ1v) is 14.2. The van der Waals surface area contributed by atoms with E-state index in [1.165, 1.54) is 6.07 Å². The van der Waals surface area contributed by atoms with Crippen LogP contribution in [0.5, 0.6) is 5.88 Å². The van der Waals surface area contributed by atoms with E-state index >= 15 is 0 Å². The number of ether oxygens (including phenoxy) is 1. The van der Waals surface area contributed by atoms with Gasteiger partial charge < -0.3 is 15.4 Å². The smallest absolute Gasteiger partial charge is 0.269 e. The van der Waals surface area contributed by atoms with Gasteiger partial charge in [0.05, 0.1) is 24.6 Å². The molecule has 0 bridgehead atoms. The summed E-state index contributed by atoms with van der Waals surface area (Å²) in [7, 11) is 0. The lowest BCUT2D eigenvalue weighted by molar-refractivity contribution is -0.117. The molecule has 42 heavy (non-hydrogen) atoms. The van der Waals surface area contributed by atoms with Gasteiger partial charge in [-0.3, -0.25) is 14.6 Å². The molecule has 4 heterocycles. The number of benzodiazepines with no additional fused rings is 1. The summed E-state index contributed by atoms with van der Waals surface area (Å²) in [5, 5.41) is 10.2. The fourth-order valence-corrected chi connectivity index (χ4v) is 5.86. The molecule has 3 aliphatic rings. The standard InChI is InChI=1S/C32H29FN6O3/c1-2-21-13-12-20(16-34-21)26-24(31-39(38-26)17-32(18-42-31)14-7-15-32)29(40)37-28-30(41)36-27-22(10-6-11-23(27)33)25(35-28)19-8-4-3-5-9-19/h3-6,8-13,16,28H,2,7,14-15,17-18H2,1H3,(H,36,41)(H,37,40)/t28-/m1/s1. The van der Waals surface area contributed by atoms with Gasteiger partial charge in [0.15, 0.2) is 0 Å². The molecule has 0 unspecified atom stereocenters. The molecule has 0 saturated heterocycles. The molecule has 10 heteroatoms. The van der Waals surface area contributed by atoms with Crippen LogP contribution in [0.4, 0.5) is 10.1 Å². The lowest BCUT2D eigenvalue weighted by atomic mass is 9.69. The third-order valence-corrected chi connectivity index (χ3v) is 8.35. The number of nitrogens with zero attached hydrogens (tertiary/aromatic N) is 4. The van der Waals surface area contributed by atoms with Gasteiger partial charge in [-0.1, -0.05) is 55.8 Å². The highest BCUT2D eigenvalue weighted by Gasteiger charge is 2.44. The van der Waals surface area contributed by atoms with Crippen molar-refractivity contribution >= 4 is 23.2 Å². The van der Waals surface area contributed by atoms with E-state index in [0.717, 1.165) is 31.4 Å². The Bertz CT molecular complexity index is 1730. The molecule has 1 fully saturated rings. The molecule has 1 atom stereocenters. The molecule has 7 rings (SSSR count). The Morgan fingerprint density at radius 1 is 1.12 bits per heavy atom. The number of amides is 2. The van der Waals surface area contributed by atoms with Crippen molar-refractivity contribution in [2.75, 3.05) is 11.9 Å². The number of nitrogens with one attached hydrogen (secondary N) is 2. The van der Waals surface area contributed by atoms with Crippen LogP contribution in [0.3, 0.4) is 0 Å². The average molecular weight is 565 g/mol. The number of para-hydroxylation sites is 1. The van der Waals surface area contributed by atoms with Crippen LogP contribution in [0, 0.1) is 11.2 Å². The summed E-state index contributed by atoms with van der Waals surface area (Å²) in [6.07, 6.45) is 4.38. The maximum Gasteiger partial charge on any atom is 0.269 e. The predicted molar refractivity (Wildman–Crippen MR) is 155 cm³/mol. The zero-order chi connectivity index (χ0) is 28.8. The van der Waals surface area contributed by atoms with Gasteiger partial charge in [0.2, 0.25) is 12.0 Å². The number of hydrogen-bond acceptors (Lipinski definition) is 6. The number of carbonyl (C=O) groups is 2. The van der Waals surface area contributed by atoms with Crippen LogP contribution >= 0.6 is 0 Å². The zero-order valence-electron chi connectivity index (χ0n) is 23.1. The first-order valence-electron chi connectivity index (χ1n) is 14.2. The SMILES string of the molecule is CCc1ccc(-c2nn3c(c2C(=O)N[C@H]2N=C(c4ccccc4)c4cccc(F)c4NC2=O)OCC2(CCC2)C3)cn1. The number of carbonyl (C=O) groups excluding carboxylic acids is 2. The van der Waals surface area contributed by atoms with Crippen LogP contribution < -0.4 is 15.4 Å². The first-order chi connectivity index (χ1) is 20.4. The van der Waals surface area contributed by atoms with E-state index in [1.54, 1.807) is 23.0 Å². The van der Waals surface area contributed by atoms with Crippen LogP contribution in [-0.4, -0.2) is 45.1 Å². The summed E-state index contributed by atoms with van der Waals surface area (Å²) in [4.78, 5) is 36.6. The van der Waals surface area contributed by atoms with E-state index in [2.05, 4.69) is 20.6 Å². The van der Waals surface area contributed by atoms with Crippen molar-refractivity contribution in [1.82, 2.24) is 20.1 Å². The molecule has 2 aromatic heterocycles. The second-order valence-corrected chi connectivity index (χ2v) is 11.1. The number of anilines is 1. The number of rotatable bonds is 5. The van der Waals surface area contributed by atoms with E-state index < -0.39 is 23.8 Å². The van der Waals surface area contributed by atoms with E-state index in [9.17, 15) is 14.0 Å². The summed E-state index contributed by atoms with van der Waals surface area (Å²) in [5.74, 6) is -1.47. The maximum absolute atomic E-state index is 14.9. The Labute approximate surface area is 241 Å². The fraction of sp³-hybridized carbons (Fsp3) is 0.281. The molecule has 9 nitrogen and oxygen atoms in total. The lowest BCUT2D eigenvalue weighted by Crippen LogP contribution is -2.44. The Balaban J connectivity index is 1.29. The Morgan fingerprint density at radius 2 is 1.95 bits per heavy atom. The number of hydrogen-bond donors (Lipinski definition) is 2. The highest BCUT2D eigenvalue weighted by atomic mass is 19.1. The van der Waals surface area contributed by atoms with Crippen LogP contribution in [0.1, 0.15) is 53.4 Å². The molecule has 2 aromatic carbocycles. The highest BCUT2D eigenvalue weighted by molar-refractivity contribution is 6.20. The van der Waals surface area contributed by atoms with E-state index in [4.69, 9.17) is 9.84 Å². The minimum Gasteiger partial charge on any atom is -0.477 e. The van der Waals surface area contributed by atoms with Crippen molar-refractivity contribution in [3.63, 3.8) is 0 Å². The molecule has 0 radical (unpaired) electrons. The number of aliphatic imine (C=N–C) groups is 1. The minimum absolute atomic E-state index is 0.0154. The minimum atomic E-state index is -1.34. The summed E-state index contributed by atoms with van der Waals surface area (Å²) in [6, 6.07) is 17.5. The summed E-state index contributed by atoms with van der Waals surface area (Å²) >= 11 is 0. The highest BCUT2D eigenvalue weighted by Crippen LogP contribution is 2.47. The first kappa shape index (κ1) is 26.1. The van der Waals surface area contributed by atoms with Gasteiger partial charge in [0.1, 0.15) is 17.1 Å². The van der Waals surface area contributed by atoms with Crippen LogP contribution in [0.25, 0.3) is 11.3 Å². The molecule has 2 N–H and O–H groups in total. The molecule has 2 amide bonds. The van der Waals surface area contributed by atoms with Crippen molar-refractivity contribution in [2.45, 2.75) is 45.3 Å². The second-order valence-electron chi connectivity index (χ2n) is 11.1. The zero-order valence-corrected chi connectivity index (χ0v) is 23.1. The van der Waals surface area contributed by atoms with Crippen molar-refractivity contribution in [3.05, 3.63) is 95.1 Å². The topological polar surface area (TPSA) is 110 Å². The summed E-state index contributed by atoms with van der Waals surface area (Å²) < 4.78 is 22.9. The number of benzene rings is 2. The summed E-state index contributed by atoms with van der Waals surface area (Å²) in [6.45, 7) is 3.17. The van der Waals surface area contributed by atoms with Crippen molar-refractivity contribution in [1.29, 1.82) is 0 Å². The average Bonchev–Trinajstić information content (AvgIpc) is 3.31. The molecular weight excluding hydrogens is 535 g/mol. The van der Waals surface area contributed by atoms with Gasteiger partial charge in [-0.15, -0.1) is 0 Å². The largest absolute Gasteiger partial charge is 0.477 e. The van der Waals surface area contributed by atoms with Gasteiger partial charge in [-0.2, -0.15) is 5.10 Å². The van der Waals surface area contributed by atoms with Crippen molar-refractivity contribution < 1.29 is 18.7 Å². The molecule has 1 aliphatic carbocycles. The lowest BCUT2D eigenvalue weighted by Gasteiger charge is -2.44. The van der Waals surface area contributed by atoms with E-state index in [1.807, 2.05) is 49.4 Å². The van der Waals surface area contributed by atoms with E-state index in [-0.39, 0.29) is 16.7 Å². The number of aryl methyl sites for hydroxylation is 1.